The van der Waals surface area contributed by atoms with Gasteiger partial charge in [0.05, 0.1) is 0 Å². The molecule has 0 heterocycles. The zero-order valence-electron chi connectivity index (χ0n) is 13.7. The maximum Gasteiger partial charge on any atom is 0.00278 e. The second-order valence-electron chi connectivity index (χ2n) is 6.90. The SMILES string of the molecule is C1=CC2CCC1c1c(-c3ccccc3)ccc(-c3ccccc3)c12. The van der Waals surface area contributed by atoms with Crippen LogP contribution in [0.15, 0.2) is 84.9 Å². The van der Waals surface area contributed by atoms with Crippen LogP contribution in [0.5, 0.6) is 0 Å². The molecule has 0 saturated carbocycles. The Morgan fingerprint density at radius 1 is 0.500 bits per heavy atom. The second-order valence-corrected chi connectivity index (χ2v) is 6.90. The van der Waals surface area contributed by atoms with Crippen molar-refractivity contribution in [2.24, 2.45) is 0 Å². The number of hydrogen-bond donors (Lipinski definition) is 0. The molecule has 0 aliphatic heterocycles. The van der Waals surface area contributed by atoms with Gasteiger partial charge >= 0.3 is 0 Å². The van der Waals surface area contributed by atoms with E-state index >= 15 is 0 Å². The molecule has 0 radical (unpaired) electrons. The molecule has 0 aromatic heterocycles. The van der Waals surface area contributed by atoms with E-state index in [1.807, 2.05) is 0 Å². The lowest BCUT2D eigenvalue weighted by atomic mass is 9.67. The Labute approximate surface area is 143 Å². The fourth-order valence-electron chi connectivity index (χ4n) is 4.48. The predicted molar refractivity (Wildman–Crippen MR) is 101 cm³/mol. The smallest absolute Gasteiger partial charge is 0.00278 e. The Bertz CT molecular complexity index is 827. The lowest BCUT2D eigenvalue weighted by Gasteiger charge is -2.37. The molecule has 0 nitrogen and oxygen atoms in total. The number of hydrogen-bond acceptors (Lipinski definition) is 0. The number of rotatable bonds is 2. The van der Waals surface area contributed by atoms with E-state index in [4.69, 9.17) is 0 Å². The molecule has 0 heteroatoms. The number of allylic oxidation sites excluding steroid dienone is 2. The van der Waals surface area contributed by atoms with Crippen molar-refractivity contribution < 1.29 is 0 Å². The molecular formula is C24H20. The van der Waals surface area contributed by atoms with Crippen LogP contribution in [0.25, 0.3) is 22.3 Å². The molecular weight excluding hydrogens is 288 g/mol. The largest absolute Gasteiger partial charge is 0.0804 e. The van der Waals surface area contributed by atoms with Gasteiger partial charge in [-0.2, -0.15) is 0 Å². The highest BCUT2D eigenvalue weighted by atomic mass is 14.4. The van der Waals surface area contributed by atoms with Crippen molar-refractivity contribution in [2.75, 3.05) is 0 Å². The van der Waals surface area contributed by atoms with Crippen molar-refractivity contribution in [3.8, 4) is 22.3 Å². The van der Waals surface area contributed by atoms with Crippen LogP contribution in [0.2, 0.25) is 0 Å². The molecule has 2 bridgehead atoms. The summed E-state index contributed by atoms with van der Waals surface area (Å²) >= 11 is 0. The van der Waals surface area contributed by atoms with Gasteiger partial charge < -0.3 is 0 Å². The van der Waals surface area contributed by atoms with Gasteiger partial charge in [0.2, 0.25) is 0 Å². The van der Waals surface area contributed by atoms with E-state index < -0.39 is 0 Å². The second kappa shape index (κ2) is 5.49. The maximum absolute atomic E-state index is 2.44. The Hall–Kier alpha value is -2.60. The average Bonchev–Trinajstić information content (AvgIpc) is 2.69. The summed E-state index contributed by atoms with van der Waals surface area (Å²) in [5, 5.41) is 0. The third-order valence-electron chi connectivity index (χ3n) is 5.56. The highest BCUT2D eigenvalue weighted by Crippen LogP contribution is 2.51. The van der Waals surface area contributed by atoms with Gasteiger partial charge in [0.1, 0.15) is 0 Å². The van der Waals surface area contributed by atoms with Crippen LogP contribution in [-0.2, 0) is 0 Å². The van der Waals surface area contributed by atoms with Crippen molar-refractivity contribution in [2.45, 2.75) is 24.7 Å². The van der Waals surface area contributed by atoms with Gasteiger partial charge in [-0.3, -0.25) is 0 Å². The minimum Gasteiger partial charge on any atom is -0.0804 e. The van der Waals surface area contributed by atoms with Crippen LogP contribution < -0.4 is 0 Å². The van der Waals surface area contributed by atoms with E-state index in [1.54, 1.807) is 11.1 Å². The third kappa shape index (κ3) is 2.06. The molecule has 2 unspecified atom stereocenters. The van der Waals surface area contributed by atoms with Crippen molar-refractivity contribution in [3.63, 3.8) is 0 Å². The van der Waals surface area contributed by atoms with Crippen LogP contribution in [0.1, 0.15) is 35.8 Å². The quantitative estimate of drug-likeness (QED) is 0.471. The minimum absolute atomic E-state index is 0.573. The van der Waals surface area contributed by atoms with Gasteiger partial charge in [-0.25, -0.2) is 0 Å². The Morgan fingerprint density at radius 2 is 0.917 bits per heavy atom. The standard InChI is InChI=1S/C24H20/c1-3-7-17(8-4-1)21-15-16-22(18-9-5-2-6-10-18)24-20-13-11-19(12-14-20)23(21)24/h1-11,13,15-16,19-20H,12,14H2. The molecule has 3 aromatic carbocycles. The summed E-state index contributed by atoms with van der Waals surface area (Å²) in [5.74, 6) is 1.15. The predicted octanol–water partition coefficient (Wildman–Crippen LogP) is 6.55. The topological polar surface area (TPSA) is 0 Å². The average molecular weight is 308 g/mol. The molecule has 6 rings (SSSR count). The zero-order chi connectivity index (χ0) is 15.9. The van der Waals surface area contributed by atoms with Crippen molar-refractivity contribution in [1.29, 1.82) is 0 Å². The molecule has 24 heavy (non-hydrogen) atoms. The number of fused-ring (bicyclic) bond motifs is 1. The highest BCUT2D eigenvalue weighted by molar-refractivity contribution is 5.80. The maximum atomic E-state index is 2.44. The summed E-state index contributed by atoms with van der Waals surface area (Å²) in [6.07, 6.45) is 7.45. The Kier molecular flexibility index (Phi) is 3.16. The van der Waals surface area contributed by atoms with E-state index in [0.717, 1.165) is 0 Å². The van der Waals surface area contributed by atoms with Crippen LogP contribution >= 0.6 is 0 Å². The summed E-state index contributed by atoms with van der Waals surface area (Å²) in [6.45, 7) is 0. The molecule has 2 atom stereocenters. The summed E-state index contributed by atoms with van der Waals surface area (Å²) in [5.41, 5.74) is 8.67. The summed E-state index contributed by atoms with van der Waals surface area (Å²) in [4.78, 5) is 0. The Balaban J connectivity index is 1.79. The molecule has 116 valence electrons. The minimum atomic E-state index is 0.573. The van der Waals surface area contributed by atoms with Crippen LogP contribution in [0.3, 0.4) is 0 Å². The van der Waals surface area contributed by atoms with Crippen LogP contribution in [0.4, 0.5) is 0 Å². The van der Waals surface area contributed by atoms with Gasteiger partial charge in [0, 0.05) is 11.8 Å². The summed E-state index contributed by atoms with van der Waals surface area (Å²) < 4.78 is 0. The molecule has 0 N–H and O–H groups in total. The van der Waals surface area contributed by atoms with Gasteiger partial charge in [0.15, 0.2) is 0 Å². The first-order valence-corrected chi connectivity index (χ1v) is 8.88. The lowest BCUT2D eigenvalue weighted by molar-refractivity contribution is 0.555. The normalized spacial score (nSPS) is 20.8. The number of benzene rings is 3. The third-order valence-corrected chi connectivity index (χ3v) is 5.56. The molecule has 3 aliphatic rings. The molecule has 0 saturated heterocycles. The fraction of sp³-hybridized carbons (Fsp3) is 0.167. The lowest BCUT2D eigenvalue weighted by Crippen LogP contribution is -2.19. The van der Waals surface area contributed by atoms with E-state index in [1.165, 1.54) is 35.1 Å². The first kappa shape index (κ1) is 13.8. The molecule has 0 fully saturated rings. The van der Waals surface area contributed by atoms with Crippen molar-refractivity contribution >= 4 is 0 Å². The van der Waals surface area contributed by atoms with Gasteiger partial charge in [-0.15, -0.1) is 0 Å². The first-order chi connectivity index (χ1) is 11.9. The molecule has 3 aliphatic carbocycles. The summed E-state index contributed by atoms with van der Waals surface area (Å²) in [6, 6.07) is 26.4. The van der Waals surface area contributed by atoms with Gasteiger partial charge in [-0.1, -0.05) is 84.9 Å². The van der Waals surface area contributed by atoms with Gasteiger partial charge in [0.25, 0.3) is 0 Å². The van der Waals surface area contributed by atoms with E-state index in [2.05, 4.69) is 84.9 Å². The Morgan fingerprint density at radius 3 is 1.29 bits per heavy atom. The monoisotopic (exact) mass is 308 g/mol. The fourth-order valence-corrected chi connectivity index (χ4v) is 4.48. The zero-order valence-corrected chi connectivity index (χ0v) is 13.7. The van der Waals surface area contributed by atoms with Crippen LogP contribution in [0, 0.1) is 0 Å². The van der Waals surface area contributed by atoms with Crippen LogP contribution in [-0.4, -0.2) is 0 Å². The van der Waals surface area contributed by atoms with E-state index in [9.17, 15) is 0 Å². The van der Waals surface area contributed by atoms with Gasteiger partial charge in [-0.05, 0) is 46.2 Å². The molecule has 0 amide bonds. The van der Waals surface area contributed by atoms with E-state index in [-0.39, 0.29) is 0 Å². The van der Waals surface area contributed by atoms with Crippen molar-refractivity contribution in [1.82, 2.24) is 0 Å². The van der Waals surface area contributed by atoms with E-state index in [0.29, 0.717) is 11.8 Å². The first-order valence-electron chi connectivity index (χ1n) is 8.88. The molecule has 0 spiro atoms. The van der Waals surface area contributed by atoms with Crippen molar-refractivity contribution in [3.05, 3.63) is 96.1 Å². The summed E-state index contributed by atoms with van der Waals surface area (Å²) in [7, 11) is 0. The highest BCUT2D eigenvalue weighted by Gasteiger charge is 2.33. The molecule has 3 aromatic rings.